The van der Waals surface area contributed by atoms with Gasteiger partial charge in [0.15, 0.2) is 5.60 Å². The van der Waals surface area contributed by atoms with Gasteiger partial charge in [0, 0.05) is 11.4 Å². The van der Waals surface area contributed by atoms with Crippen LogP contribution in [0.15, 0.2) is 18.2 Å². The van der Waals surface area contributed by atoms with Gasteiger partial charge in [-0.05, 0) is 49.3 Å². The van der Waals surface area contributed by atoms with Crippen LogP contribution in [0.2, 0.25) is 0 Å². The van der Waals surface area contributed by atoms with Crippen molar-refractivity contribution in [3.8, 4) is 0 Å². The Morgan fingerprint density at radius 2 is 2.00 bits per heavy atom. The number of anilines is 1. The van der Waals surface area contributed by atoms with Gasteiger partial charge >= 0.3 is 0 Å². The molecule has 1 unspecified atom stereocenters. The summed E-state index contributed by atoms with van der Waals surface area (Å²) in [6.45, 7) is 3.98. The van der Waals surface area contributed by atoms with Crippen molar-refractivity contribution in [2.75, 3.05) is 16.8 Å². The molecule has 1 fully saturated rings. The van der Waals surface area contributed by atoms with Crippen LogP contribution in [0.1, 0.15) is 17.5 Å². The molecule has 92 valence electrons. The Morgan fingerprint density at radius 3 is 2.53 bits per heavy atom. The van der Waals surface area contributed by atoms with Crippen LogP contribution < -0.4 is 5.32 Å². The predicted molar refractivity (Wildman–Crippen MR) is 71.4 cm³/mol. The van der Waals surface area contributed by atoms with Gasteiger partial charge in [0.1, 0.15) is 0 Å². The minimum absolute atomic E-state index is 0.285. The Kier molecular flexibility index (Phi) is 3.45. The Hall–Kier alpha value is -1.00. The highest BCUT2D eigenvalue weighted by molar-refractivity contribution is 7.99. The average Bonchev–Trinajstić information content (AvgIpc) is 2.64. The minimum Gasteiger partial charge on any atom is -0.379 e. The van der Waals surface area contributed by atoms with E-state index in [4.69, 9.17) is 0 Å². The third-order valence-corrected chi connectivity index (χ3v) is 4.08. The first-order chi connectivity index (χ1) is 7.99. The summed E-state index contributed by atoms with van der Waals surface area (Å²) in [5.41, 5.74) is 1.78. The summed E-state index contributed by atoms with van der Waals surface area (Å²) >= 11 is 1.62. The molecule has 0 aliphatic carbocycles. The Balaban J connectivity index is 2.12. The smallest absolute Gasteiger partial charge is 0.257 e. The Morgan fingerprint density at radius 1 is 1.35 bits per heavy atom. The molecule has 2 rings (SSSR count). The maximum atomic E-state index is 12.0. The van der Waals surface area contributed by atoms with E-state index >= 15 is 0 Å². The summed E-state index contributed by atoms with van der Waals surface area (Å²) in [5, 5.41) is 12.9. The normalized spacial score (nSPS) is 23.7. The molecule has 1 atom stereocenters. The third kappa shape index (κ3) is 2.82. The van der Waals surface area contributed by atoms with Crippen LogP contribution in [-0.2, 0) is 4.79 Å². The second-order valence-electron chi connectivity index (χ2n) is 4.66. The highest BCUT2D eigenvalue weighted by Gasteiger charge is 2.39. The van der Waals surface area contributed by atoms with Crippen molar-refractivity contribution >= 4 is 23.4 Å². The molecule has 1 aromatic rings. The Bertz CT molecular complexity index is 419. The number of nitrogens with one attached hydrogen (secondary N) is 1. The fourth-order valence-electron chi connectivity index (χ4n) is 2.03. The molecule has 0 radical (unpaired) electrons. The number of rotatable bonds is 2. The number of amides is 1. The largest absolute Gasteiger partial charge is 0.379 e. The summed E-state index contributed by atoms with van der Waals surface area (Å²) in [5.74, 6) is 1.05. The molecule has 2 N–H and O–H groups in total. The van der Waals surface area contributed by atoms with Crippen LogP contribution in [0.3, 0.4) is 0 Å². The van der Waals surface area contributed by atoms with Crippen LogP contribution in [0.5, 0.6) is 0 Å². The van der Waals surface area contributed by atoms with Crippen molar-refractivity contribution in [1.29, 1.82) is 0 Å². The van der Waals surface area contributed by atoms with Crippen molar-refractivity contribution in [1.82, 2.24) is 0 Å². The number of carbonyl (C=O) groups is 1. The number of hydrogen-bond donors (Lipinski definition) is 2. The first kappa shape index (κ1) is 12.5. The fraction of sp³-hybridized carbons (Fsp3) is 0.462. The van der Waals surface area contributed by atoms with Crippen LogP contribution in [0.25, 0.3) is 0 Å². The molecular weight excluding hydrogens is 234 g/mol. The summed E-state index contributed by atoms with van der Waals surface area (Å²) in [4.78, 5) is 12.0. The summed E-state index contributed by atoms with van der Waals surface area (Å²) in [7, 11) is 0. The molecular formula is C13H17NO2S. The lowest BCUT2D eigenvalue weighted by atomic mass is 10.0. The standard InChI is InChI=1S/C13H17NO2S/c1-9-5-10(2)7-11(6-9)14-12(15)13(16)3-4-17-8-13/h5-7,16H,3-4,8H2,1-2H3,(H,14,15). The summed E-state index contributed by atoms with van der Waals surface area (Å²) in [6, 6.07) is 5.88. The molecule has 1 aliphatic heterocycles. The van der Waals surface area contributed by atoms with Crippen molar-refractivity contribution in [3.05, 3.63) is 29.3 Å². The molecule has 1 heterocycles. The van der Waals surface area contributed by atoms with Crippen LogP contribution in [-0.4, -0.2) is 28.1 Å². The van der Waals surface area contributed by atoms with E-state index in [0.717, 1.165) is 22.6 Å². The second-order valence-corrected chi connectivity index (χ2v) is 5.77. The molecule has 1 aromatic carbocycles. The SMILES string of the molecule is Cc1cc(C)cc(NC(=O)C2(O)CCSC2)c1. The lowest BCUT2D eigenvalue weighted by Crippen LogP contribution is -2.42. The highest BCUT2D eigenvalue weighted by Crippen LogP contribution is 2.29. The number of thioether (sulfide) groups is 1. The fourth-order valence-corrected chi connectivity index (χ4v) is 3.27. The van der Waals surface area contributed by atoms with E-state index in [-0.39, 0.29) is 5.91 Å². The predicted octanol–water partition coefficient (Wildman–Crippen LogP) is 2.11. The van der Waals surface area contributed by atoms with E-state index in [1.807, 2.05) is 26.0 Å². The third-order valence-electron chi connectivity index (χ3n) is 2.90. The van der Waals surface area contributed by atoms with E-state index in [1.165, 1.54) is 0 Å². The van der Waals surface area contributed by atoms with Crippen LogP contribution >= 0.6 is 11.8 Å². The number of carbonyl (C=O) groups excluding carboxylic acids is 1. The minimum atomic E-state index is -1.19. The van der Waals surface area contributed by atoms with E-state index in [2.05, 4.69) is 11.4 Å². The van der Waals surface area contributed by atoms with Gasteiger partial charge in [-0.1, -0.05) is 6.07 Å². The maximum Gasteiger partial charge on any atom is 0.257 e. The van der Waals surface area contributed by atoms with Crippen LogP contribution in [0, 0.1) is 13.8 Å². The molecule has 4 heteroatoms. The van der Waals surface area contributed by atoms with E-state index in [0.29, 0.717) is 12.2 Å². The molecule has 17 heavy (non-hydrogen) atoms. The number of aliphatic hydroxyl groups is 1. The van der Waals surface area contributed by atoms with E-state index in [9.17, 15) is 9.90 Å². The molecule has 1 amide bonds. The van der Waals surface area contributed by atoms with Crippen molar-refractivity contribution in [2.24, 2.45) is 0 Å². The second kappa shape index (κ2) is 4.70. The van der Waals surface area contributed by atoms with E-state index < -0.39 is 5.60 Å². The summed E-state index contributed by atoms with van der Waals surface area (Å²) in [6.07, 6.45) is 0.536. The summed E-state index contributed by atoms with van der Waals surface area (Å²) < 4.78 is 0. The first-order valence-corrected chi connectivity index (χ1v) is 6.85. The molecule has 0 bridgehead atoms. The van der Waals surface area contributed by atoms with Crippen molar-refractivity contribution < 1.29 is 9.90 Å². The number of aryl methyl sites for hydroxylation is 2. The van der Waals surface area contributed by atoms with Gasteiger partial charge in [-0.15, -0.1) is 0 Å². The van der Waals surface area contributed by atoms with Crippen LogP contribution in [0.4, 0.5) is 5.69 Å². The molecule has 0 aromatic heterocycles. The van der Waals surface area contributed by atoms with E-state index in [1.54, 1.807) is 11.8 Å². The van der Waals surface area contributed by atoms with Gasteiger partial charge in [-0.25, -0.2) is 0 Å². The number of hydrogen-bond acceptors (Lipinski definition) is 3. The van der Waals surface area contributed by atoms with Gasteiger partial charge in [-0.3, -0.25) is 4.79 Å². The molecule has 1 saturated heterocycles. The van der Waals surface area contributed by atoms with Crippen molar-refractivity contribution in [3.63, 3.8) is 0 Å². The van der Waals surface area contributed by atoms with Gasteiger partial charge in [0.2, 0.25) is 0 Å². The maximum absolute atomic E-state index is 12.0. The van der Waals surface area contributed by atoms with Gasteiger partial charge in [0.25, 0.3) is 5.91 Å². The molecule has 0 saturated carbocycles. The molecule has 1 aliphatic rings. The average molecular weight is 251 g/mol. The van der Waals surface area contributed by atoms with Gasteiger partial charge in [-0.2, -0.15) is 11.8 Å². The Labute approximate surface area is 106 Å². The zero-order chi connectivity index (χ0) is 12.5. The van der Waals surface area contributed by atoms with Crippen molar-refractivity contribution in [2.45, 2.75) is 25.9 Å². The first-order valence-electron chi connectivity index (χ1n) is 5.69. The van der Waals surface area contributed by atoms with Gasteiger partial charge < -0.3 is 10.4 Å². The monoisotopic (exact) mass is 251 g/mol. The van der Waals surface area contributed by atoms with Gasteiger partial charge in [0.05, 0.1) is 0 Å². The lowest BCUT2D eigenvalue weighted by Gasteiger charge is -2.20. The quantitative estimate of drug-likeness (QED) is 0.846. The topological polar surface area (TPSA) is 49.3 Å². The lowest BCUT2D eigenvalue weighted by molar-refractivity contribution is -0.131. The molecule has 3 nitrogen and oxygen atoms in total. The highest BCUT2D eigenvalue weighted by atomic mass is 32.2. The molecule has 0 spiro atoms. The number of benzene rings is 1. The zero-order valence-electron chi connectivity index (χ0n) is 10.1. The zero-order valence-corrected chi connectivity index (χ0v) is 10.9.